The summed E-state index contributed by atoms with van der Waals surface area (Å²) in [5.74, 6) is -0.0237. The van der Waals surface area contributed by atoms with Gasteiger partial charge >= 0.3 is 0 Å². The number of rotatable bonds is 3. The number of hydrazine groups is 1. The first-order valence-corrected chi connectivity index (χ1v) is 3.34. The topological polar surface area (TPSA) is 32.3 Å². The Morgan fingerprint density at radius 2 is 2.30 bits per heavy atom. The van der Waals surface area contributed by atoms with Gasteiger partial charge in [0.1, 0.15) is 0 Å². The molecule has 0 spiro atoms. The summed E-state index contributed by atoms with van der Waals surface area (Å²) in [7, 11) is 3.39. The van der Waals surface area contributed by atoms with Gasteiger partial charge in [-0.1, -0.05) is 13.0 Å². The van der Waals surface area contributed by atoms with Crippen LogP contribution in [-0.4, -0.2) is 25.0 Å². The zero-order valence-corrected chi connectivity index (χ0v) is 6.72. The highest BCUT2D eigenvalue weighted by molar-refractivity contribution is 5.86. The van der Waals surface area contributed by atoms with Gasteiger partial charge in [0.15, 0.2) is 0 Å². The first kappa shape index (κ1) is 9.17. The Hall–Kier alpha value is -0.830. The van der Waals surface area contributed by atoms with Crippen molar-refractivity contribution < 1.29 is 4.79 Å². The maximum atomic E-state index is 10.9. The molecule has 0 aliphatic carbocycles. The van der Waals surface area contributed by atoms with Gasteiger partial charge in [-0.15, -0.1) is 0 Å². The quantitative estimate of drug-likeness (QED) is 0.461. The molecule has 0 aromatic carbocycles. The van der Waals surface area contributed by atoms with Crippen LogP contribution >= 0.6 is 0 Å². The minimum Gasteiger partial charge on any atom is -0.278 e. The Kier molecular flexibility index (Phi) is 4.58. The molecule has 0 aliphatic heterocycles. The van der Waals surface area contributed by atoms with Crippen LogP contribution in [0.2, 0.25) is 0 Å². The average Bonchev–Trinajstić information content (AvgIpc) is 1.98. The summed E-state index contributed by atoms with van der Waals surface area (Å²) in [4.78, 5) is 10.9. The van der Waals surface area contributed by atoms with Crippen molar-refractivity contribution in [3.8, 4) is 0 Å². The van der Waals surface area contributed by atoms with Crippen molar-refractivity contribution in [1.82, 2.24) is 10.4 Å². The molecule has 0 heterocycles. The number of likely N-dealkylation sites (N-methyl/N-ethyl adjacent to an activating group) is 1. The fourth-order valence-electron chi connectivity index (χ4n) is 0.441. The maximum absolute atomic E-state index is 10.9. The Bertz CT molecular complexity index is 132. The third kappa shape index (κ3) is 3.25. The lowest BCUT2D eigenvalue weighted by Crippen LogP contribution is -2.35. The molecule has 58 valence electrons. The molecule has 0 aromatic rings. The first-order chi connectivity index (χ1) is 4.72. The highest BCUT2D eigenvalue weighted by Crippen LogP contribution is 1.83. The number of allylic oxidation sites excluding steroid dienone is 1. The molecule has 0 atom stereocenters. The van der Waals surface area contributed by atoms with Crippen LogP contribution in [0.3, 0.4) is 0 Å². The van der Waals surface area contributed by atoms with Crippen LogP contribution in [0, 0.1) is 0 Å². The SMILES string of the molecule is CC/C=C\C(=O)N(C)NC. The van der Waals surface area contributed by atoms with Gasteiger partial charge in [-0.25, -0.2) is 5.43 Å². The lowest BCUT2D eigenvalue weighted by Gasteiger charge is -2.11. The number of amides is 1. The zero-order chi connectivity index (χ0) is 7.98. The summed E-state index contributed by atoms with van der Waals surface area (Å²) in [5, 5.41) is 1.42. The predicted octanol–water partition coefficient (Wildman–Crippen LogP) is 0.545. The molecule has 0 aliphatic rings. The van der Waals surface area contributed by atoms with E-state index in [-0.39, 0.29) is 5.91 Å². The fourth-order valence-corrected chi connectivity index (χ4v) is 0.441. The minimum absolute atomic E-state index is 0.0237. The molecule has 10 heavy (non-hydrogen) atoms. The second-order valence-corrected chi connectivity index (χ2v) is 1.93. The largest absolute Gasteiger partial charge is 0.278 e. The molecule has 0 fully saturated rings. The first-order valence-electron chi connectivity index (χ1n) is 3.34. The summed E-state index contributed by atoms with van der Waals surface area (Å²) < 4.78 is 0. The minimum atomic E-state index is -0.0237. The summed E-state index contributed by atoms with van der Waals surface area (Å²) >= 11 is 0. The van der Waals surface area contributed by atoms with Crippen molar-refractivity contribution >= 4 is 5.91 Å². The van der Waals surface area contributed by atoms with Crippen LogP contribution < -0.4 is 5.43 Å². The van der Waals surface area contributed by atoms with Crippen LogP contribution in [0.4, 0.5) is 0 Å². The Balaban J connectivity index is 3.72. The monoisotopic (exact) mass is 142 g/mol. The van der Waals surface area contributed by atoms with Crippen molar-refractivity contribution in [3.05, 3.63) is 12.2 Å². The Labute approximate surface area is 61.7 Å². The highest BCUT2D eigenvalue weighted by atomic mass is 16.2. The maximum Gasteiger partial charge on any atom is 0.260 e. The molecule has 3 heteroatoms. The fraction of sp³-hybridized carbons (Fsp3) is 0.571. The number of nitrogens with zero attached hydrogens (tertiary/aromatic N) is 1. The summed E-state index contributed by atoms with van der Waals surface area (Å²) in [6.07, 6.45) is 4.27. The van der Waals surface area contributed by atoms with Gasteiger partial charge < -0.3 is 0 Å². The van der Waals surface area contributed by atoms with Gasteiger partial charge in [-0.05, 0) is 6.42 Å². The zero-order valence-electron chi connectivity index (χ0n) is 6.72. The standard InChI is InChI=1S/C7H14N2O/c1-4-5-6-7(10)9(3)8-2/h5-6,8H,4H2,1-3H3/b6-5-. The Morgan fingerprint density at radius 3 is 2.70 bits per heavy atom. The van der Waals surface area contributed by atoms with E-state index in [0.29, 0.717) is 0 Å². The third-order valence-electron chi connectivity index (χ3n) is 1.16. The molecule has 0 rings (SSSR count). The van der Waals surface area contributed by atoms with Gasteiger partial charge in [0.2, 0.25) is 0 Å². The highest BCUT2D eigenvalue weighted by Gasteiger charge is 1.98. The molecule has 0 bridgehead atoms. The molecule has 1 N–H and O–H groups in total. The van der Waals surface area contributed by atoms with Crippen molar-refractivity contribution in [2.24, 2.45) is 0 Å². The van der Waals surface area contributed by atoms with Crippen molar-refractivity contribution in [3.63, 3.8) is 0 Å². The van der Waals surface area contributed by atoms with E-state index in [9.17, 15) is 4.79 Å². The molecule has 1 amide bonds. The normalized spacial score (nSPS) is 10.3. The van der Waals surface area contributed by atoms with E-state index < -0.39 is 0 Å². The molecule has 3 nitrogen and oxygen atoms in total. The van der Waals surface area contributed by atoms with E-state index in [1.165, 1.54) is 5.01 Å². The van der Waals surface area contributed by atoms with Crippen molar-refractivity contribution in [2.45, 2.75) is 13.3 Å². The van der Waals surface area contributed by atoms with E-state index in [4.69, 9.17) is 0 Å². The third-order valence-corrected chi connectivity index (χ3v) is 1.16. The summed E-state index contributed by atoms with van der Waals surface area (Å²) in [5.41, 5.74) is 2.71. The number of carbonyl (C=O) groups is 1. The lowest BCUT2D eigenvalue weighted by molar-refractivity contribution is -0.127. The van der Waals surface area contributed by atoms with Crippen LogP contribution in [0.15, 0.2) is 12.2 Å². The lowest BCUT2D eigenvalue weighted by atomic mass is 10.4. The van der Waals surface area contributed by atoms with Gasteiger partial charge in [0, 0.05) is 20.2 Å². The van der Waals surface area contributed by atoms with Gasteiger partial charge in [-0.2, -0.15) is 0 Å². The van der Waals surface area contributed by atoms with Crippen LogP contribution in [0.1, 0.15) is 13.3 Å². The van der Waals surface area contributed by atoms with E-state index in [1.54, 1.807) is 20.2 Å². The van der Waals surface area contributed by atoms with E-state index >= 15 is 0 Å². The molecule has 0 saturated heterocycles. The van der Waals surface area contributed by atoms with E-state index in [1.807, 2.05) is 13.0 Å². The number of hydrogen-bond donors (Lipinski definition) is 1. The summed E-state index contributed by atoms with van der Waals surface area (Å²) in [6, 6.07) is 0. The second-order valence-electron chi connectivity index (χ2n) is 1.93. The van der Waals surface area contributed by atoms with Gasteiger partial charge in [0.05, 0.1) is 0 Å². The van der Waals surface area contributed by atoms with Gasteiger partial charge in [0.25, 0.3) is 5.91 Å². The average molecular weight is 142 g/mol. The molecule has 0 aromatic heterocycles. The number of hydrogen-bond acceptors (Lipinski definition) is 2. The molecular formula is C7H14N2O. The number of carbonyl (C=O) groups excluding carboxylic acids is 1. The Morgan fingerprint density at radius 1 is 1.70 bits per heavy atom. The van der Waals surface area contributed by atoms with Crippen LogP contribution in [-0.2, 0) is 4.79 Å². The smallest absolute Gasteiger partial charge is 0.260 e. The molecule has 0 radical (unpaired) electrons. The van der Waals surface area contributed by atoms with Crippen LogP contribution in [0.5, 0.6) is 0 Å². The molecule has 0 saturated carbocycles. The summed E-state index contributed by atoms with van der Waals surface area (Å²) in [6.45, 7) is 1.99. The second kappa shape index (κ2) is 4.99. The van der Waals surface area contributed by atoms with Crippen molar-refractivity contribution in [2.75, 3.05) is 14.1 Å². The predicted molar refractivity (Wildman–Crippen MR) is 41.3 cm³/mol. The molecule has 0 unspecified atom stereocenters. The number of nitrogens with one attached hydrogen (secondary N) is 1. The van der Waals surface area contributed by atoms with E-state index in [0.717, 1.165) is 6.42 Å². The molecular weight excluding hydrogens is 128 g/mol. The van der Waals surface area contributed by atoms with Crippen molar-refractivity contribution in [1.29, 1.82) is 0 Å². The van der Waals surface area contributed by atoms with Gasteiger partial charge in [-0.3, -0.25) is 9.80 Å². The van der Waals surface area contributed by atoms with E-state index in [2.05, 4.69) is 5.43 Å². The van der Waals surface area contributed by atoms with Crippen LogP contribution in [0.25, 0.3) is 0 Å².